The van der Waals surface area contributed by atoms with Crippen LogP contribution in [0.25, 0.3) is 0 Å². The van der Waals surface area contributed by atoms with Crippen molar-refractivity contribution < 1.29 is 9.13 Å². The van der Waals surface area contributed by atoms with Crippen LogP contribution in [-0.4, -0.2) is 44.2 Å². The third-order valence-electron chi connectivity index (χ3n) is 2.75. The second-order valence-electron chi connectivity index (χ2n) is 4.61. The fourth-order valence-electron chi connectivity index (χ4n) is 1.67. The Bertz CT molecular complexity index is 431. The third kappa shape index (κ3) is 9.34. The molecule has 1 rings (SSSR count). The first-order valence-corrected chi connectivity index (χ1v) is 8.40. The molecule has 7 heteroatoms. The number of halogens is 2. The highest BCUT2D eigenvalue weighted by atomic mass is 127. The van der Waals surface area contributed by atoms with E-state index in [-0.39, 0.29) is 35.9 Å². The van der Waals surface area contributed by atoms with Crippen LogP contribution in [0.3, 0.4) is 0 Å². The van der Waals surface area contributed by atoms with Crippen LogP contribution in [0, 0.1) is 5.82 Å². The Morgan fingerprint density at radius 1 is 1.32 bits per heavy atom. The van der Waals surface area contributed by atoms with E-state index in [1.54, 1.807) is 19.2 Å². The topological polar surface area (TPSA) is 45.7 Å². The van der Waals surface area contributed by atoms with Gasteiger partial charge in [-0.25, -0.2) is 4.39 Å². The number of hydrogen-bond donors (Lipinski definition) is 2. The number of hydrogen-bond acceptors (Lipinski definition) is 3. The maximum atomic E-state index is 12.8. The zero-order chi connectivity index (χ0) is 15.5. The van der Waals surface area contributed by atoms with Crippen molar-refractivity contribution >= 4 is 41.7 Å². The molecule has 0 aliphatic rings. The second kappa shape index (κ2) is 12.8. The van der Waals surface area contributed by atoms with Gasteiger partial charge in [0.15, 0.2) is 5.96 Å². The van der Waals surface area contributed by atoms with Crippen LogP contribution in [0.2, 0.25) is 0 Å². The number of nitrogens with one attached hydrogen (secondary N) is 2. The Balaban J connectivity index is 0.00000441. The lowest BCUT2D eigenvalue weighted by Crippen LogP contribution is -2.42. The molecule has 0 saturated carbocycles. The molecule has 1 aromatic carbocycles. The molecule has 0 radical (unpaired) electrons. The fourth-order valence-corrected chi connectivity index (χ4v) is 2.10. The van der Waals surface area contributed by atoms with Crippen molar-refractivity contribution in [2.24, 2.45) is 4.99 Å². The highest BCUT2D eigenvalue weighted by Gasteiger charge is 2.05. The zero-order valence-corrected chi connectivity index (χ0v) is 16.4. The normalized spacial score (nSPS) is 12.3. The van der Waals surface area contributed by atoms with E-state index in [9.17, 15) is 4.39 Å². The highest BCUT2D eigenvalue weighted by molar-refractivity contribution is 14.0. The zero-order valence-electron chi connectivity index (χ0n) is 13.3. The highest BCUT2D eigenvalue weighted by Crippen LogP contribution is 2.12. The predicted molar refractivity (Wildman–Crippen MR) is 104 cm³/mol. The Morgan fingerprint density at radius 3 is 2.59 bits per heavy atom. The van der Waals surface area contributed by atoms with Gasteiger partial charge in [-0.3, -0.25) is 4.99 Å². The molecule has 4 nitrogen and oxygen atoms in total. The molecule has 0 amide bonds. The number of thioether (sulfide) groups is 1. The summed E-state index contributed by atoms with van der Waals surface area (Å²) in [5.41, 5.74) is 0. The van der Waals surface area contributed by atoms with Gasteiger partial charge in [0.2, 0.25) is 0 Å². The number of rotatable bonds is 8. The van der Waals surface area contributed by atoms with Crippen LogP contribution < -0.4 is 15.4 Å². The first kappa shape index (κ1) is 21.3. The first-order valence-electron chi connectivity index (χ1n) is 7.01. The molecule has 126 valence electrons. The van der Waals surface area contributed by atoms with E-state index in [0.29, 0.717) is 12.3 Å². The first-order chi connectivity index (χ1) is 10.2. The summed E-state index contributed by atoms with van der Waals surface area (Å²) in [5, 5.41) is 6.46. The molecular weight excluding hydrogens is 416 g/mol. The maximum absolute atomic E-state index is 12.8. The molecule has 0 aromatic heterocycles. The van der Waals surface area contributed by atoms with E-state index < -0.39 is 0 Å². The van der Waals surface area contributed by atoms with E-state index in [2.05, 4.69) is 21.9 Å². The summed E-state index contributed by atoms with van der Waals surface area (Å²) in [7, 11) is 1.75. The van der Waals surface area contributed by atoms with Gasteiger partial charge >= 0.3 is 0 Å². The summed E-state index contributed by atoms with van der Waals surface area (Å²) < 4.78 is 18.5. The molecule has 0 saturated heterocycles. The van der Waals surface area contributed by atoms with Crippen molar-refractivity contribution in [2.45, 2.75) is 19.4 Å². The molecule has 2 N–H and O–H groups in total. The lowest BCUT2D eigenvalue weighted by molar-refractivity contribution is 0.223. The van der Waals surface area contributed by atoms with Gasteiger partial charge in [0.25, 0.3) is 0 Å². The summed E-state index contributed by atoms with van der Waals surface area (Å²) in [6.45, 7) is 3.48. The molecule has 0 fully saturated rings. The summed E-state index contributed by atoms with van der Waals surface area (Å²) in [6.07, 6.45) is 3.16. The Labute approximate surface area is 153 Å². The lowest BCUT2D eigenvalue weighted by atomic mass is 10.3. The van der Waals surface area contributed by atoms with E-state index >= 15 is 0 Å². The predicted octanol–water partition coefficient (Wildman–Crippen LogP) is 3.13. The minimum atomic E-state index is -0.261. The second-order valence-corrected chi connectivity index (χ2v) is 5.59. The van der Waals surface area contributed by atoms with Gasteiger partial charge in [-0.15, -0.1) is 24.0 Å². The fraction of sp³-hybridized carbons (Fsp3) is 0.533. The Kier molecular flexibility index (Phi) is 12.4. The van der Waals surface area contributed by atoms with Crippen LogP contribution in [0.5, 0.6) is 5.75 Å². The van der Waals surface area contributed by atoms with Gasteiger partial charge in [-0.2, -0.15) is 11.8 Å². The van der Waals surface area contributed by atoms with Gasteiger partial charge in [-0.1, -0.05) is 0 Å². The number of ether oxygens (including phenoxy) is 1. The van der Waals surface area contributed by atoms with Gasteiger partial charge in [0.05, 0.1) is 6.54 Å². The van der Waals surface area contributed by atoms with Crippen molar-refractivity contribution in [3.05, 3.63) is 30.1 Å². The molecule has 1 aromatic rings. The third-order valence-corrected chi connectivity index (χ3v) is 3.45. The maximum Gasteiger partial charge on any atom is 0.191 e. The van der Waals surface area contributed by atoms with Crippen LogP contribution in [-0.2, 0) is 0 Å². The van der Waals surface area contributed by atoms with E-state index in [4.69, 9.17) is 4.74 Å². The standard InChI is InChI=1S/C15H24FN3OS.HI/c1-12(20-14-7-5-13(16)6-8-14)11-19-15(17-2)18-9-4-10-21-3;/h5-8,12H,4,9-11H2,1-3H3,(H2,17,18,19);1H. The van der Waals surface area contributed by atoms with Gasteiger partial charge in [0, 0.05) is 13.6 Å². The van der Waals surface area contributed by atoms with Gasteiger partial charge < -0.3 is 15.4 Å². The monoisotopic (exact) mass is 441 g/mol. The molecule has 1 atom stereocenters. The molecular formula is C15H25FIN3OS. The van der Waals surface area contributed by atoms with Gasteiger partial charge in [-0.05, 0) is 49.6 Å². The number of aliphatic imine (C=N–C) groups is 1. The largest absolute Gasteiger partial charge is 0.489 e. The van der Waals surface area contributed by atoms with Crippen molar-refractivity contribution in [3.8, 4) is 5.75 Å². The summed E-state index contributed by atoms with van der Waals surface area (Å²) >= 11 is 1.83. The number of benzene rings is 1. The molecule has 0 aliphatic carbocycles. The van der Waals surface area contributed by atoms with E-state index in [0.717, 1.165) is 24.7 Å². The van der Waals surface area contributed by atoms with Crippen molar-refractivity contribution in [1.82, 2.24) is 10.6 Å². The van der Waals surface area contributed by atoms with Crippen LogP contribution in [0.4, 0.5) is 4.39 Å². The quantitative estimate of drug-likeness (QED) is 0.282. The van der Waals surface area contributed by atoms with Crippen molar-refractivity contribution in [3.63, 3.8) is 0 Å². The minimum Gasteiger partial charge on any atom is -0.489 e. The summed E-state index contributed by atoms with van der Waals surface area (Å²) in [4.78, 5) is 4.16. The summed E-state index contributed by atoms with van der Waals surface area (Å²) in [6, 6.07) is 6.03. The molecule has 0 heterocycles. The molecule has 1 unspecified atom stereocenters. The lowest BCUT2D eigenvalue weighted by Gasteiger charge is -2.17. The Morgan fingerprint density at radius 2 is 2.00 bits per heavy atom. The molecule has 0 spiro atoms. The van der Waals surface area contributed by atoms with Gasteiger partial charge in [0.1, 0.15) is 17.7 Å². The van der Waals surface area contributed by atoms with Crippen LogP contribution >= 0.6 is 35.7 Å². The summed E-state index contributed by atoms with van der Waals surface area (Å²) in [5.74, 6) is 2.30. The molecule has 22 heavy (non-hydrogen) atoms. The molecule has 0 bridgehead atoms. The van der Waals surface area contributed by atoms with Crippen LogP contribution in [0.1, 0.15) is 13.3 Å². The minimum absolute atomic E-state index is 0. The smallest absolute Gasteiger partial charge is 0.191 e. The SMILES string of the molecule is CN=C(NCCCSC)NCC(C)Oc1ccc(F)cc1.I. The number of guanidine groups is 1. The van der Waals surface area contributed by atoms with E-state index in [1.807, 2.05) is 18.7 Å². The number of nitrogens with zero attached hydrogens (tertiary/aromatic N) is 1. The van der Waals surface area contributed by atoms with Crippen molar-refractivity contribution in [1.29, 1.82) is 0 Å². The Hall–Kier alpha value is -0.700. The van der Waals surface area contributed by atoms with E-state index in [1.165, 1.54) is 12.1 Å². The molecule has 0 aliphatic heterocycles. The average molecular weight is 441 g/mol. The average Bonchev–Trinajstić information content (AvgIpc) is 2.49. The van der Waals surface area contributed by atoms with Crippen molar-refractivity contribution in [2.75, 3.05) is 32.1 Å². The van der Waals surface area contributed by atoms with Crippen LogP contribution in [0.15, 0.2) is 29.3 Å².